The summed E-state index contributed by atoms with van der Waals surface area (Å²) in [5, 5.41) is 0. The Bertz CT molecular complexity index is 1150. The summed E-state index contributed by atoms with van der Waals surface area (Å²) >= 11 is 0. The van der Waals surface area contributed by atoms with Crippen molar-refractivity contribution in [3.8, 4) is 17.2 Å². The fourth-order valence-corrected chi connectivity index (χ4v) is 3.71. The van der Waals surface area contributed by atoms with E-state index in [2.05, 4.69) is 16.9 Å². The van der Waals surface area contributed by atoms with Gasteiger partial charge >= 0.3 is 0 Å². The highest BCUT2D eigenvalue weighted by Crippen LogP contribution is 2.24. The number of amides is 1. The Morgan fingerprint density at radius 3 is 2.52 bits per heavy atom. The maximum absolute atomic E-state index is 13.2. The van der Waals surface area contributed by atoms with Gasteiger partial charge in [0.1, 0.15) is 12.0 Å². The number of pyridine rings is 1. The molecule has 0 radical (unpaired) electrons. The number of para-hydroxylation sites is 1. The quantitative estimate of drug-likeness (QED) is 0.543. The fourth-order valence-electron chi connectivity index (χ4n) is 3.71. The number of carbonyl (C=O) groups excluding carboxylic acids is 1. The number of rotatable bonds is 3. The summed E-state index contributed by atoms with van der Waals surface area (Å²) in [5.41, 5.74) is 3.05. The molecule has 1 aliphatic rings. The van der Waals surface area contributed by atoms with E-state index in [-0.39, 0.29) is 5.91 Å². The van der Waals surface area contributed by atoms with Crippen LogP contribution in [0.1, 0.15) is 10.5 Å². The van der Waals surface area contributed by atoms with Crippen LogP contribution in [0, 0.1) is 0 Å². The number of imidazole rings is 2. The van der Waals surface area contributed by atoms with E-state index >= 15 is 0 Å². The molecule has 0 atom stereocenters. The van der Waals surface area contributed by atoms with Crippen LogP contribution in [0.5, 0.6) is 0 Å². The van der Waals surface area contributed by atoms with Gasteiger partial charge in [0, 0.05) is 44.3 Å². The Hall–Kier alpha value is -3.45. The molecule has 1 saturated heterocycles. The minimum Gasteiger partial charge on any atom is -0.335 e. The van der Waals surface area contributed by atoms with E-state index in [4.69, 9.17) is 4.98 Å². The molecule has 0 bridgehead atoms. The van der Waals surface area contributed by atoms with Crippen LogP contribution in [-0.2, 0) is 0 Å². The average Bonchev–Trinajstić information content (AvgIpc) is 3.40. The Morgan fingerprint density at radius 1 is 0.966 bits per heavy atom. The SMILES string of the molecule is CN1CCN(C(=O)c2nc(-c3cn(-c4ccccc4)cn3)n3ccccc23)CC1. The molecule has 0 spiro atoms. The molecule has 4 aromatic rings. The molecule has 7 nitrogen and oxygen atoms in total. The predicted molar refractivity (Wildman–Crippen MR) is 111 cm³/mol. The molecule has 3 aromatic heterocycles. The lowest BCUT2D eigenvalue weighted by Gasteiger charge is -2.32. The molecule has 1 aromatic carbocycles. The zero-order valence-corrected chi connectivity index (χ0v) is 16.3. The third-order valence-corrected chi connectivity index (χ3v) is 5.41. The number of piperazine rings is 1. The summed E-state index contributed by atoms with van der Waals surface area (Å²) in [6.45, 7) is 3.20. The van der Waals surface area contributed by atoms with E-state index in [9.17, 15) is 4.79 Å². The molecule has 5 rings (SSSR count). The summed E-state index contributed by atoms with van der Waals surface area (Å²) in [5.74, 6) is 0.656. The second-order valence-corrected chi connectivity index (χ2v) is 7.34. The van der Waals surface area contributed by atoms with E-state index in [1.54, 1.807) is 6.33 Å². The van der Waals surface area contributed by atoms with Crippen LogP contribution in [0.3, 0.4) is 0 Å². The van der Waals surface area contributed by atoms with Crippen molar-refractivity contribution in [3.63, 3.8) is 0 Å². The smallest absolute Gasteiger partial charge is 0.274 e. The van der Waals surface area contributed by atoms with E-state index in [0.29, 0.717) is 11.5 Å². The van der Waals surface area contributed by atoms with Gasteiger partial charge in [-0.2, -0.15) is 0 Å². The van der Waals surface area contributed by atoms with Gasteiger partial charge in [-0.1, -0.05) is 24.3 Å². The predicted octanol–water partition coefficient (Wildman–Crippen LogP) is 2.57. The number of fused-ring (bicyclic) bond motifs is 1. The van der Waals surface area contributed by atoms with Crippen LogP contribution < -0.4 is 0 Å². The first-order valence-corrected chi connectivity index (χ1v) is 9.75. The highest BCUT2D eigenvalue weighted by molar-refractivity contribution is 6.00. The van der Waals surface area contributed by atoms with Gasteiger partial charge in [0.2, 0.25) is 0 Å². The third-order valence-electron chi connectivity index (χ3n) is 5.41. The third kappa shape index (κ3) is 3.19. The van der Waals surface area contributed by atoms with Crippen molar-refractivity contribution < 1.29 is 4.79 Å². The largest absolute Gasteiger partial charge is 0.335 e. The highest BCUT2D eigenvalue weighted by atomic mass is 16.2. The van der Waals surface area contributed by atoms with Crippen LogP contribution >= 0.6 is 0 Å². The van der Waals surface area contributed by atoms with Gasteiger partial charge < -0.3 is 14.4 Å². The van der Waals surface area contributed by atoms with Gasteiger partial charge in [-0.25, -0.2) is 9.97 Å². The monoisotopic (exact) mass is 386 g/mol. The van der Waals surface area contributed by atoms with Crippen molar-refractivity contribution in [1.29, 1.82) is 0 Å². The van der Waals surface area contributed by atoms with E-state index in [0.717, 1.165) is 43.1 Å². The molecular weight excluding hydrogens is 364 g/mol. The molecular formula is C22H22N6O. The maximum Gasteiger partial charge on any atom is 0.274 e. The first-order valence-electron chi connectivity index (χ1n) is 9.75. The zero-order valence-electron chi connectivity index (χ0n) is 16.3. The molecule has 0 N–H and O–H groups in total. The van der Waals surface area contributed by atoms with Crippen LogP contribution in [0.15, 0.2) is 67.3 Å². The summed E-state index contributed by atoms with van der Waals surface area (Å²) in [7, 11) is 2.08. The first kappa shape index (κ1) is 17.6. The standard InChI is InChI=1S/C22H22N6O/c1-25-11-13-26(14-12-25)22(29)20-19-9-5-6-10-28(19)21(24-20)18-15-27(16-23-18)17-7-3-2-4-8-17/h2-10,15-16H,11-14H2,1H3. The van der Waals surface area contributed by atoms with E-state index in [1.807, 2.05) is 74.8 Å². The molecule has 0 unspecified atom stereocenters. The van der Waals surface area contributed by atoms with Crippen LogP contribution in [0.25, 0.3) is 22.7 Å². The number of hydrogen-bond acceptors (Lipinski definition) is 4. The fraction of sp³-hybridized carbons (Fsp3) is 0.227. The number of likely N-dealkylation sites (N-methyl/N-ethyl adjacent to an activating group) is 1. The Kier molecular flexibility index (Phi) is 4.37. The highest BCUT2D eigenvalue weighted by Gasteiger charge is 2.26. The van der Waals surface area contributed by atoms with Crippen molar-refractivity contribution in [2.24, 2.45) is 0 Å². The Morgan fingerprint density at radius 2 is 1.72 bits per heavy atom. The lowest BCUT2D eigenvalue weighted by molar-refractivity contribution is 0.0661. The topological polar surface area (TPSA) is 58.7 Å². The van der Waals surface area contributed by atoms with Gasteiger partial charge in [-0.3, -0.25) is 9.20 Å². The van der Waals surface area contributed by atoms with Gasteiger partial charge in [-0.05, 0) is 31.3 Å². The summed E-state index contributed by atoms with van der Waals surface area (Å²) < 4.78 is 3.91. The van der Waals surface area contributed by atoms with E-state index < -0.39 is 0 Å². The van der Waals surface area contributed by atoms with Gasteiger partial charge in [0.25, 0.3) is 5.91 Å². The average molecular weight is 386 g/mol. The van der Waals surface area contributed by atoms with E-state index in [1.165, 1.54) is 0 Å². The normalized spacial score (nSPS) is 15.1. The summed E-state index contributed by atoms with van der Waals surface area (Å²) in [6.07, 6.45) is 5.65. The number of benzene rings is 1. The molecule has 146 valence electrons. The summed E-state index contributed by atoms with van der Waals surface area (Å²) in [4.78, 5) is 26.6. The number of carbonyl (C=O) groups is 1. The molecule has 1 aliphatic heterocycles. The molecule has 0 saturated carbocycles. The number of nitrogens with zero attached hydrogens (tertiary/aromatic N) is 6. The van der Waals surface area contributed by atoms with Crippen LogP contribution in [0.2, 0.25) is 0 Å². The van der Waals surface area contributed by atoms with Crippen LogP contribution in [-0.4, -0.2) is 67.9 Å². The second kappa shape index (κ2) is 7.18. The number of hydrogen-bond donors (Lipinski definition) is 0. The molecule has 1 fully saturated rings. The van der Waals surface area contributed by atoms with Gasteiger partial charge in [0.15, 0.2) is 11.5 Å². The number of aromatic nitrogens is 4. The molecule has 0 aliphatic carbocycles. The molecule has 7 heteroatoms. The van der Waals surface area contributed by atoms with Gasteiger partial charge in [-0.15, -0.1) is 0 Å². The Balaban J connectivity index is 1.54. The van der Waals surface area contributed by atoms with Crippen molar-refractivity contribution in [2.45, 2.75) is 0 Å². The lowest BCUT2D eigenvalue weighted by Crippen LogP contribution is -2.47. The minimum absolute atomic E-state index is 0.0180. The first-order chi connectivity index (χ1) is 14.2. The van der Waals surface area contributed by atoms with Crippen LogP contribution in [0.4, 0.5) is 0 Å². The Labute approximate surface area is 168 Å². The van der Waals surface area contributed by atoms with Crippen molar-refractivity contribution in [2.75, 3.05) is 33.2 Å². The second-order valence-electron chi connectivity index (χ2n) is 7.34. The van der Waals surface area contributed by atoms with Crippen molar-refractivity contribution in [1.82, 2.24) is 28.7 Å². The van der Waals surface area contributed by atoms with Crippen molar-refractivity contribution in [3.05, 3.63) is 72.9 Å². The maximum atomic E-state index is 13.2. The van der Waals surface area contributed by atoms with Gasteiger partial charge in [0.05, 0.1) is 5.52 Å². The van der Waals surface area contributed by atoms with Crippen molar-refractivity contribution >= 4 is 11.4 Å². The molecule has 1 amide bonds. The minimum atomic E-state index is -0.0180. The molecule has 4 heterocycles. The molecule has 29 heavy (non-hydrogen) atoms. The zero-order chi connectivity index (χ0) is 19.8. The lowest BCUT2D eigenvalue weighted by atomic mass is 10.2. The summed E-state index contributed by atoms with van der Waals surface area (Å²) in [6, 6.07) is 15.8.